The van der Waals surface area contributed by atoms with E-state index in [0.29, 0.717) is 48.8 Å². The molecule has 320 valence electrons. The van der Waals surface area contributed by atoms with Gasteiger partial charge in [-0.15, -0.1) is 22.7 Å². The molecule has 0 spiro atoms. The van der Waals surface area contributed by atoms with Gasteiger partial charge in [-0.1, -0.05) is 11.6 Å². The Labute approximate surface area is 357 Å². The second-order valence-corrected chi connectivity index (χ2v) is 19.1. The van der Waals surface area contributed by atoms with Crippen LogP contribution in [0.2, 0.25) is 5.15 Å². The monoisotopic (exact) mass is 870 g/mol. The molecule has 0 bridgehead atoms. The highest BCUT2D eigenvalue weighted by molar-refractivity contribution is 7.19. The number of carbonyl (C=O) groups is 2. The molecule has 4 aliphatic carbocycles. The maximum absolute atomic E-state index is 11.5. The standard InChI is InChI=1S/C21H27N3O4S.C11H9ClN2O2S.C10H19NO2/c25-21(26)13-1-6-17-16(11-13)18-19(22-12-23-20(18)29-17)28-15-4-2-14(3-5-15)24-7-9-27-10-8-24;12-9-8-6-3-5(11(15)16)1-2-7(6)17-10(8)14-4-13-9;12-10-3-1-9(2-4-10)11-5-7-13-8-6-11/h12-15H,1-11H2,(H,25,26);4-5H,1-3H2,(H,15,16);9-10,12H,1-8H2/t13-,14?,15?;5-;/m00./s1. The summed E-state index contributed by atoms with van der Waals surface area (Å²) in [4.78, 5) is 49.0. The zero-order chi connectivity index (χ0) is 40.9. The van der Waals surface area contributed by atoms with Crippen molar-refractivity contribution in [1.29, 1.82) is 0 Å². The summed E-state index contributed by atoms with van der Waals surface area (Å²) in [5.41, 5.74) is 2.13. The van der Waals surface area contributed by atoms with Crippen molar-refractivity contribution in [3.63, 3.8) is 0 Å². The number of aromatic nitrogens is 4. The van der Waals surface area contributed by atoms with Crippen LogP contribution in [0.4, 0.5) is 0 Å². The predicted molar refractivity (Wildman–Crippen MR) is 226 cm³/mol. The van der Waals surface area contributed by atoms with E-state index in [2.05, 4.69) is 29.7 Å². The number of fused-ring (bicyclic) bond motifs is 6. The summed E-state index contributed by atoms with van der Waals surface area (Å²) in [5.74, 6) is -1.43. The average molecular weight is 872 g/mol. The molecule has 4 aromatic rings. The zero-order valence-corrected chi connectivity index (χ0v) is 35.8. The molecule has 6 heterocycles. The molecule has 3 N–H and O–H groups in total. The highest BCUT2D eigenvalue weighted by Crippen LogP contribution is 2.42. The first-order chi connectivity index (χ1) is 28.7. The van der Waals surface area contributed by atoms with E-state index in [1.54, 1.807) is 29.0 Å². The van der Waals surface area contributed by atoms with E-state index in [0.717, 1.165) is 136 Å². The topological polar surface area (TPSA) is 181 Å². The number of aryl methyl sites for hydroxylation is 2. The van der Waals surface area contributed by atoms with Gasteiger partial charge in [0.15, 0.2) is 0 Å². The van der Waals surface area contributed by atoms with Gasteiger partial charge in [-0.05, 0) is 101 Å². The molecule has 14 nitrogen and oxygen atoms in total. The van der Waals surface area contributed by atoms with E-state index in [-0.39, 0.29) is 24.0 Å². The van der Waals surface area contributed by atoms with Crippen LogP contribution in [0.25, 0.3) is 20.4 Å². The van der Waals surface area contributed by atoms with Crippen molar-refractivity contribution < 1.29 is 39.1 Å². The van der Waals surface area contributed by atoms with E-state index >= 15 is 0 Å². The fourth-order valence-electron chi connectivity index (χ4n) is 9.65. The van der Waals surface area contributed by atoms with Crippen molar-refractivity contribution in [2.45, 2.75) is 114 Å². The number of aliphatic carboxylic acids is 2. The van der Waals surface area contributed by atoms with Gasteiger partial charge in [-0.3, -0.25) is 19.4 Å². The molecule has 0 unspecified atom stereocenters. The molecule has 10 rings (SSSR count). The predicted octanol–water partition coefficient (Wildman–Crippen LogP) is 6.06. The Morgan fingerprint density at radius 2 is 1.14 bits per heavy atom. The normalized spacial score (nSPS) is 27.7. The van der Waals surface area contributed by atoms with Crippen LogP contribution in [-0.4, -0.2) is 134 Å². The van der Waals surface area contributed by atoms with Gasteiger partial charge in [0.1, 0.15) is 33.6 Å². The van der Waals surface area contributed by atoms with E-state index in [9.17, 15) is 19.8 Å². The van der Waals surface area contributed by atoms with Crippen LogP contribution in [0.3, 0.4) is 0 Å². The Balaban J connectivity index is 0.000000136. The average Bonchev–Trinajstić information content (AvgIpc) is 3.84. The molecule has 2 atom stereocenters. The largest absolute Gasteiger partial charge is 0.481 e. The minimum absolute atomic E-state index is 0.0303. The van der Waals surface area contributed by atoms with Crippen LogP contribution in [0.1, 0.15) is 85.1 Å². The van der Waals surface area contributed by atoms with E-state index < -0.39 is 11.9 Å². The van der Waals surface area contributed by atoms with E-state index in [1.807, 2.05) is 0 Å². The van der Waals surface area contributed by atoms with Crippen molar-refractivity contribution in [1.82, 2.24) is 29.7 Å². The Kier molecular flexibility index (Phi) is 14.3. The van der Waals surface area contributed by atoms with Crippen molar-refractivity contribution >= 4 is 66.6 Å². The highest BCUT2D eigenvalue weighted by atomic mass is 35.5. The molecule has 2 saturated heterocycles. The van der Waals surface area contributed by atoms with Gasteiger partial charge in [-0.25, -0.2) is 19.9 Å². The fourth-order valence-corrected chi connectivity index (χ4v) is 12.3. The third-order valence-electron chi connectivity index (χ3n) is 13.0. The molecule has 59 heavy (non-hydrogen) atoms. The molecule has 0 amide bonds. The molecule has 0 aromatic carbocycles. The third kappa shape index (κ3) is 10.2. The maximum Gasteiger partial charge on any atom is 0.306 e. The van der Waals surface area contributed by atoms with Crippen molar-refractivity contribution in [2.24, 2.45) is 11.8 Å². The summed E-state index contributed by atoms with van der Waals surface area (Å²) in [6.45, 7) is 7.70. The number of aliphatic hydroxyl groups excluding tert-OH is 1. The first kappa shape index (κ1) is 42.6. The second-order valence-electron chi connectivity index (χ2n) is 16.6. The summed E-state index contributed by atoms with van der Waals surface area (Å²) < 4.78 is 17.2. The number of thiophene rings is 2. The summed E-state index contributed by atoms with van der Waals surface area (Å²) >= 11 is 9.34. The molecular formula is C42H55ClN6O8S2. The lowest BCUT2D eigenvalue weighted by atomic mass is 9.87. The van der Waals surface area contributed by atoms with Gasteiger partial charge >= 0.3 is 11.9 Å². The van der Waals surface area contributed by atoms with E-state index in [4.69, 9.17) is 30.9 Å². The van der Waals surface area contributed by atoms with Gasteiger partial charge in [0.2, 0.25) is 5.88 Å². The van der Waals surface area contributed by atoms with Crippen LogP contribution in [0.15, 0.2) is 12.7 Å². The van der Waals surface area contributed by atoms with Crippen molar-refractivity contribution in [3.05, 3.63) is 38.7 Å². The molecule has 2 saturated carbocycles. The summed E-state index contributed by atoms with van der Waals surface area (Å²) in [6.07, 6.45) is 15.9. The SMILES string of the molecule is O=C(O)[C@H]1CCc2sc3ncnc(Cl)c3c2C1.O=C(O)[C@H]1CCc2sc3ncnc(OC4CCC(N5CCOCC5)CC4)c3c2C1.OC1CCC(N2CCOCC2)CC1. The number of nitrogens with zero attached hydrogens (tertiary/aromatic N) is 6. The lowest BCUT2D eigenvalue weighted by Crippen LogP contribution is -2.46. The minimum atomic E-state index is -0.733. The van der Waals surface area contributed by atoms with Crippen molar-refractivity contribution in [3.8, 4) is 5.88 Å². The lowest BCUT2D eigenvalue weighted by molar-refractivity contribution is -0.143. The first-order valence-corrected chi connectivity index (χ1v) is 23.3. The number of carboxylic acid groups (broad SMARTS) is 2. The van der Waals surface area contributed by atoms with Gasteiger partial charge in [0, 0.05) is 48.0 Å². The van der Waals surface area contributed by atoms with Crippen LogP contribution in [0, 0.1) is 11.8 Å². The van der Waals surface area contributed by atoms with Crippen LogP contribution >= 0.6 is 34.3 Å². The zero-order valence-electron chi connectivity index (χ0n) is 33.4. The molecule has 4 aromatic heterocycles. The fraction of sp³-hybridized carbons (Fsp3) is 0.667. The summed E-state index contributed by atoms with van der Waals surface area (Å²) in [6, 6.07) is 1.35. The van der Waals surface area contributed by atoms with Crippen LogP contribution in [-0.2, 0) is 44.7 Å². The molecular weight excluding hydrogens is 816 g/mol. The molecule has 2 aliphatic heterocycles. The van der Waals surface area contributed by atoms with E-state index in [1.165, 1.54) is 28.9 Å². The molecule has 17 heteroatoms. The Hall–Kier alpha value is -3.09. The Morgan fingerprint density at radius 3 is 1.66 bits per heavy atom. The summed E-state index contributed by atoms with van der Waals surface area (Å²) in [7, 11) is 0. The summed E-state index contributed by atoms with van der Waals surface area (Å²) in [5, 5.41) is 30.2. The lowest BCUT2D eigenvalue weighted by Gasteiger charge is -2.38. The van der Waals surface area contributed by atoms with Gasteiger partial charge in [0.05, 0.1) is 55.1 Å². The third-order valence-corrected chi connectivity index (χ3v) is 15.7. The molecule has 4 fully saturated rings. The Morgan fingerprint density at radius 1 is 0.661 bits per heavy atom. The second kappa shape index (κ2) is 19.7. The van der Waals surface area contributed by atoms with Crippen LogP contribution < -0.4 is 4.74 Å². The van der Waals surface area contributed by atoms with Crippen LogP contribution in [0.5, 0.6) is 5.88 Å². The minimum Gasteiger partial charge on any atom is -0.481 e. The number of hydrogen-bond acceptors (Lipinski definition) is 14. The maximum atomic E-state index is 11.5. The highest BCUT2D eigenvalue weighted by Gasteiger charge is 2.33. The van der Waals surface area contributed by atoms with Gasteiger partial charge in [0.25, 0.3) is 0 Å². The number of rotatable bonds is 6. The number of ether oxygens (including phenoxy) is 3. The number of morpholine rings is 2. The number of hydrogen-bond donors (Lipinski definition) is 3. The number of halogens is 1. The molecule has 6 aliphatic rings. The number of aliphatic hydroxyl groups is 1. The quantitative estimate of drug-likeness (QED) is 0.190. The van der Waals surface area contributed by atoms with Gasteiger partial charge < -0.3 is 29.5 Å². The van der Waals surface area contributed by atoms with Crippen molar-refractivity contribution in [2.75, 3.05) is 52.6 Å². The van der Waals surface area contributed by atoms with Gasteiger partial charge in [-0.2, -0.15) is 0 Å². The smallest absolute Gasteiger partial charge is 0.306 e. The Bertz CT molecular complexity index is 2060. The first-order valence-electron chi connectivity index (χ1n) is 21.3. The molecule has 0 radical (unpaired) electrons. The number of carboxylic acids is 2.